The van der Waals surface area contributed by atoms with Crippen LogP contribution in [0.1, 0.15) is 47.2 Å². The largest absolute Gasteiger partial charge is 0.485 e. The Balaban J connectivity index is 1.64. The van der Waals surface area contributed by atoms with Crippen LogP contribution < -0.4 is 4.74 Å². The number of hydrogen-bond donors (Lipinski definition) is 1. The average molecular weight is 371 g/mol. The van der Waals surface area contributed by atoms with Gasteiger partial charge in [0.15, 0.2) is 5.76 Å². The molecule has 0 spiro atoms. The number of piperidine rings is 1. The summed E-state index contributed by atoms with van der Waals surface area (Å²) in [5.74, 6) is 0.389. The van der Waals surface area contributed by atoms with E-state index in [1.807, 2.05) is 32.0 Å². The van der Waals surface area contributed by atoms with E-state index in [1.165, 1.54) is 5.56 Å². The summed E-state index contributed by atoms with van der Waals surface area (Å²) in [5.41, 5.74) is 1.30. The summed E-state index contributed by atoms with van der Waals surface area (Å²) >= 11 is 0. The van der Waals surface area contributed by atoms with Crippen LogP contribution in [0.3, 0.4) is 0 Å². The van der Waals surface area contributed by atoms with Crippen molar-refractivity contribution in [3.63, 3.8) is 0 Å². The van der Waals surface area contributed by atoms with E-state index in [-0.39, 0.29) is 24.8 Å². The van der Waals surface area contributed by atoms with Gasteiger partial charge in [-0.1, -0.05) is 17.7 Å². The molecule has 1 aromatic heterocycles. The number of amides is 1. The quantitative estimate of drug-likeness (QED) is 0.865. The van der Waals surface area contributed by atoms with Gasteiger partial charge in [-0.05, 0) is 57.4 Å². The van der Waals surface area contributed by atoms with E-state index in [9.17, 15) is 14.7 Å². The maximum absolute atomic E-state index is 12.7. The normalized spacial score (nSPS) is 19.7. The number of aliphatic carboxylic acids is 1. The number of furan rings is 1. The van der Waals surface area contributed by atoms with E-state index < -0.39 is 11.4 Å². The highest BCUT2D eigenvalue weighted by atomic mass is 16.5. The zero-order valence-electron chi connectivity index (χ0n) is 15.9. The molecule has 6 heteroatoms. The predicted molar refractivity (Wildman–Crippen MR) is 99.8 cm³/mol. The zero-order chi connectivity index (χ0) is 19.6. The summed E-state index contributed by atoms with van der Waals surface area (Å²) in [4.78, 5) is 25.7. The van der Waals surface area contributed by atoms with Gasteiger partial charge in [0.2, 0.25) is 0 Å². The predicted octanol–water partition coefficient (Wildman–Crippen LogP) is 3.80. The topological polar surface area (TPSA) is 80.0 Å². The maximum atomic E-state index is 12.7. The molecule has 0 bridgehead atoms. The number of carboxylic acid groups (broad SMARTS) is 1. The number of ether oxygens (including phenoxy) is 1. The molecule has 0 saturated carbocycles. The van der Waals surface area contributed by atoms with Crippen molar-refractivity contribution in [1.82, 2.24) is 4.90 Å². The van der Waals surface area contributed by atoms with Crippen LogP contribution in [-0.4, -0.2) is 35.0 Å². The number of likely N-dealkylation sites (tertiary alicyclic amines) is 1. The number of carboxylic acids is 1. The van der Waals surface area contributed by atoms with Gasteiger partial charge in [-0.3, -0.25) is 9.59 Å². The first-order valence-corrected chi connectivity index (χ1v) is 9.10. The van der Waals surface area contributed by atoms with Crippen LogP contribution in [-0.2, 0) is 11.4 Å². The van der Waals surface area contributed by atoms with Crippen LogP contribution in [0.15, 0.2) is 34.7 Å². The third-order valence-electron chi connectivity index (χ3n) is 5.07. The first kappa shape index (κ1) is 19.0. The minimum Gasteiger partial charge on any atom is -0.485 e. The zero-order valence-corrected chi connectivity index (χ0v) is 15.9. The number of benzene rings is 1. The fourth-order valence-electron chi connectivity index (χ4n) is 3.42. The molecule has 1 aliphatic rings. The van der Waals surface area contributed by atoms with Gasteiger partial charge in [0.25, 0.3) is 5.91 Å². The smallest absolute Gasteiger partial charge is 0.311 e. The molecule has 2 aromatic rings. The molecule has 1 aromatic carbocycles. The molecular weight excluding hydrogens is 346 g/mol. The first-order valence-electron chi connectivity index (χ1n) is 9.10. The molecule has 6 nitrogen and oxygen atoms in total. The molecule has 1 fully saturated rings. The van der Waals surface area contributed by atoms with Crippen molar-refractivity contribution in [1.29, 1.82) is 0 Å². The number of aryl methyl sites for hydroxylation is 2. The Hall–Kier alpha value is -2.76. The summed E-state index contributed by atoms with van der Waals surface area (Å²) in [6.45, 7) is 6.64. The van der Waals surface area contributed by atoms with Gasteiger partial charge < -0.3 is 19.2 Å². The van der Waals surface area contributed by atoms with Crippen molar-refractivity contribution in [2.45, 2.75) is 40.2 Å². The monoisotopic (exact) mass is 371 g/mol. The molecule has 1 N–H and O–H groups in total. The lowest BCUT2D eigenvalue weighted by molar-refractivity contribution is -0.150. The lowest BCUT2D eigenvalue weighted by Gasteiger charge is -2.37. The minimum atomic E-state index is -0.907. The van der Waals surface area contributed by atoms with Crippen LogP contribution >= 0.6 is 0 Å². The van der Waals surface area contributed by atoms with Crippen LogP contribution in [0.4, 0.5) is 0 Å². The van der Waals surface area contributed by atoms with Crippen LogP contribution in [0.2, 0.25) is 0 Å². The Labute approximate surface area is 158 Å². The number of nitrogens with zero attached hydrogens (tertiary/aromatic N) is 1. The van der Waals surface area contributed by atoms with E-state index in [2.05, 4.69) is 0 Å². The van der Waals surface area contributed by atoms with Gasteiger partial charge in [0, 0.05) is 13.1 Å². The van der Waals surface area contributed by atoms with Crippen molar-refractivity contribution < 1.29 is 23.8 Å². The standard InChI is InChI=1S/C21H25NO5/c1-14-5-7-17(15(2)11-14)26-12-16-6-8-18(27-16)19(23)22-10-4-9-21(3,13-22)20(24)25/h5-8,11H,4,9-10,12-13H2,1-3H3,(H,24,25). The van der Waals surface area contributed by atoms with Crippen molar-refractivity contribution in [2.75, 3.05) is 13.1 Å². The molecule has 144 valence electrons. The van der Waals surface area contributed by atoms with E-state index in [4.69, 9.17) is 9.15 Å². The highest BCUT2D eigenvalue weighted by Gasteiger charge is 2.40. The molecule has 27 heavy (non-hydrogen) atoms. The summed E-state index contributed by atoms with van der Waals surface area (Å²) in [6.07, 6.45) is 1.23. The fraction of sp³-hybridized carbons (Fsp3) is 0.429. The van der Waals surface area contributed by atoms with Gasteiger partial charge >= 0.3 is 5.97 Å². The molecule has 0 radical (unpaired) electrons. The molecule has 1 atom stereocenters. The second kappa shape index (κ2) is 7.47. The Morgan fingerprint density at radius 2 is 2.04 bits per heavy atom. The van der Waals surface area contributed by atoms with Gasteiger partial charge in [0.05, 0.1) is 5.41 Å². The third-order valence-corrected chi connectivity index (χ3v) is 5.07. The number of carbonyl (C=O) groups is 2. The minimum absolute atomic E-state index is 0.191. The van der Waals surface area contributed by atoms with E-state index in [0.717, 1.165) is 11.3 Å². The Bertz CT molecular complexity index is 856. The van der Waals surface area contributed by atoms with Crippen LogP contribution in [0.5, 0.6) is 5.75 Å². The molecule has 2 heterocycles. The Kier molecular flexibility index (Phi) is 5.26. The van der Waals surface area contributed by atoms with Crippen molar-refractivity contribution in [2.24, 2.45) is 5.41 Å². The van der Waals surface area contributed by atoms with E-state index in [0.29, 0.717) is 25.1 Å². The highest BCUT2D eigenvalue weighted by Crippen LogP contribution is 2.30. The van der Waals surface area contributed by atoms with Gasteiger partial charge in [-0.2, -0.15) is 0 Å². The van der Waals surface area contributed by atoms with E-state index in [1.54, 1.807) is 24.0 Å². The van der Waals surface area contributed by atoms with Crippen LogP contribution in [0.25, 0.3) is 0 Å². The summed E-state index contributed by atoms with van der Waals surface area (Å²) in [7, 11) is 0. The average Bonchev–Trinajstić information content (AvgIpc) is 3.09. The first-order chi connectivity index (χ1) is 12.8. The fourth-order valence-corrected chi connectivity index (χ4v) is 3.42. The third kappa shape index (κ3) is 4.15. The van der Waals surface area contributed by atoms with Crippen LogP contribution in [0, 0.1) is 19.3 Å². The number of carbonyl (C=O) groups excluding carboxylic acids is 1. The molecule has 1 amide bonds. The van der Waals surface area contributed by atoms with Crippen molar-refractivity contribution >= 4 is 11.9 Å². The van der Waals surface area contributed by atoms with Gasteiger partial charge in [-0.15, -0.1) is 0 Å². The molecule has 1 aliphatic heterocycles. The van der Waals surface area contributed by atoms with Crippen molar-refractivity contribution in [3.8, 4) is 5.75 Å². The SMILES string of the molecule is Cc1ccc(OCc2ccc(C(=O)N3CCCC(C)(C(=O)O)C3)o2)c(C)c1. The maximum Gasteiger partial charge on any atom is 0.311 e. The molecule has 1 saturated heterocycles. The number of hydrogen-bond acceptors (Lipinski definition) is 4. The second-order valence-corrected chi connectivity index (χ2v) is 7.52. The lowest BCUT2D eigenvalue weighted by Crippen LogP contribution is -2.48. The van der Waals surface area contributed by atoms with Crippen molar-refractivity contribution in [3.05, 3.63) is 53.0 Å². The Morgan fingerprint density at radius 1 is 1.26 bits per heavy atom. The summed E-state index contributed by atoms with van der Waals surface area (Å²) in [6, 6.07) is 9.28. The lowest BCUT2D eigenvalue weighted by atomic mass is 9.82. The van der Waals surface area contributed by atoms with Gasteiger partial charge in [0.1, 0.15) is 18.1 Å². The molecule has 1 unspecified atom stereocenters. The highest BCUT2D eigenvalue weighted by molar-refractivity contribution is 5.92. The molecule has 3 rings (SSSR count). The summed E-state index contributed by atoms with van der Waals surface area (Å²) < 4.78 is 11.4. The number of rotatable bonds is 5. The molecule has 0 aliphatic carbocycles. The molecular formula is C21H25NO5. The second-order valence-electron chi connectivity index (χ2n) is 7.52. The van der Waals surface area contributed by atoms with Gasteiger partial charge in [-0.25, -0.2) is 0 Å². The summed E-state index contributed by atoms with van der Waals surface area (Å²) in [5, 5.41) is 9.41. The van der Waals surface area contributed by atoms with E-state index >= 15 is 0 Å². The Morgan fingerprint density at radius 3 is 2.74 bits per heavy atom.